The Labute approximate surface area is 175 Å². The summed E-state index contributed by atoms with van der Waals surface area (Å²) in [4.78, 5) is 20.6. The lowest BCUT2D eigenvalue weighted by Crippen LogP contribution is -2.47. The molecule has 1 aromatic heterocycles. The molecular weight excluding hydrogens is 382 g/mol. The molecule has 8 N–H and O–H groups in total. The largest absolute Gasteiger partial charge is 0.365 e. The molecule has 0 aliphatic heterocycles. The number of benzene rings is 1. The summed E-state index contributed by atoms with van der Waals surface area (Å²) in [5, 5.41) is 17.3. The fraction of sp³-hybridized carbons (Fsp3) is 0.350. The van der Waals surface area contributed by atoms with Crippen molar-refractivity contribution in [2.24, 2.45) is 22.5 Å². The molecule has 10 heteroatoms. The number of nitrogens with two attached hydrogens (primary N) is 2. The zero-order chi connectivity index (χ0) is 21.5. The number of rotatable bonds is 8. The molecule has 1 heterocycles. The first-order chi connectivity index (χ1) is 14.5. The highest BCUT2D eigenvalue weighted by Gasteiger charge is 2.28. The number of primary amides is 1. The van der Waals surface area contributed by atoms with Gasteiger partial charge in [0.05, 0.1) is 11.9 Å². The van der Waals surface area contributed by atoms with E-state index in [-0.39, 0.29) is 17.6 Å². The normalized spacial score (nSPS) is 21.2. The first-order valence-electron chi connectivity index (χ1n) is 9.82. The van der Waals surface area contributed by atoms with Crippen molar-refractivity contribution in [2.75, 3.05) is 16.1 Å². The van der Waals surface area contributed by atoms with Crippen LogP contribution in [-0.4, -0.2) is 40.4 Å². The summed E-state index contributed by atoms with van der Waals surface area (Å²) in [6.45, 7) is 2.15. The average Bonchev–Trinajstić information content (AvgIpc) is 2.72. The lowest BCUT2D eigenvalue weighted by atomic mass is 9.83. The number of nitrogens with one attached hydrogen (secondary N) is 4. The van der Waals surface area contributed by atoms with E-state index < -0.39 is 5.91 Å². The van der Waals surface area contributed by atoms with Crippen LogP contribution in [-0.2, 0) is 0 Å². The number of aromatic nitrogens is 2. The standard InChI is InChI=1S/C20H27N9O/c1-12-4-2-7-16(17(12)22)27-20-24-11-15(18(23)30)19(28-20)26-13-5-3-6-14(10-13)29-25-9-8-21/h3,5-6,8-12,16-17,21,29H,2,4,7,22H2,1H3,(H2,23,30)(H2,24,26,27,28)/b21-8?,25-9-. The van der Waals surface area contributed by atoms with Crippen LogP contribution in [0.4, 0.5) is 23.1 Å². The second-order valence-corrected chi connectivity index (χ2v) is 7.32. The van der Waals surface area contributed by atoms with Crippen molar-refractivity contribution in [3.8, 4) is 0 Å². The van der Waals surface area contributed by atoms with Gasteiger partial charge in [0.1, 0.15) is 11.4 Å². The van der Waals surface area contributed by atoms with E-state index in [0.717, 1.165) is 25.5 Å². The van der Waals surface area contributed by atoms with Gasteiger partial charge in [0, 0.05) is 30.2 Å². The SMILES string of the molecule is CC1CCCC(Nc2ncc(C(N)=O)c(Nc3cccc(N/N=C\C=N)c3)n2)C1N. The predicted octanol–water partition coefficient (Wildman–Crippen LogP) is 2.29. The van der Waals surface area contributed by atoms with E-state index in [1.165, 1.54) is 12.4 Å². The lowest BCUT2D eigenvalue weighted by molar-refractivity contribution is 0.100. The minimum atomic E-state index is -0.628. The summed E-state index contributed by atoms with van der Waals surface area (Å²) >= 11 is 0. The van der Waals surface area contributed by atoms with Crippen molar-refractivity contribution in [2.45, 2.75) is 38.3 Å². The van der Waals surface area contributed by atoms with Crippen LogP contribution in [0.25, 0.3) is 0 Å². The molecule has 3 atom stereocenters. The Morgan fingerprint density at radius 3 is 2.90 bits per heavy atom. The van der Waals surface area contributed by atoms with Gasteiger partial charge in [0.2, 0.25) is 5.95 Å². The van der Waals surface area contributed by atoms with E-state index in [1.54, 1.807) is 6.07 Å². The van der Waals surface area contributed by atoms with Crippen LogP contribution in [0.5, 0.6) is 0 Å². The number of hydrogen-bond donors (Lipinski definition) is 6. The molecule has 1 fully saturated rings. The molecule has 10 nitrogen and oxygen atoms in total. The molecule has 0 spiro atoms. The van der Waals surface area contributed by atoms with Gasteiger partial charge in [-0.15, -0.1) is 0 Å². The average molecular weight is 409 g/mol. The number of hydrazone groups is 1. The van der Waals surface area contributed by atoms with Crippen LogP contribution in [0.15, 0.2) is 35.6 Å². The van der Waals surface area contributed by atoms with Crippen LogP contribution in [0.3, 0.4) is 0 Å². The summed E-state index contributed by atoms with van der Waals surface area (Å²) < 4.78 is 0. The van der Waals surface area contributed by atoms with Gasteiger partial charge in [0.15, 0.2) is 0 Å². The van der Waals surface area contributed by atoms with Crippen molar-refractivity contribution in [1.29, 1.82) is 5.41 Å². The van der Waals surface area contributed by atoms with Gasteiger partial charge < -0.3 is 27.5 Å². The Hall–Kier alpha value is -3.53. The first kappa shape index (κ1) is 21.2. The smallest absolute Gasteiger partial charge is 0.254 e. The molecule has 1 amide bonds. The maximum absolute atomic E-state index is 11.9. The molecule has 2 aromatic rings. The van der Waals surface area contributed by atoms with Gasteiger partial charge in [0.25, 0.3) is 5.91 Å². The molecular formula is C20H27N9O. The molecule has 0 bridgehead atoms. The van der Waals surface area contributed by atoms with Crippen molar-refractivity contribution in [1.82, 2.24) is 9.97 Å². The van der Waals surface area contributed by atoms with Crippen molar-refractivity contribution >= 4 is 41.5 Å². The maximum atomic E-state index is 11.9. The van der Waals surface area contributed by atoms with E-state index in [4.69, 9.17) is 16.9 Å². The number of carbonyl (C=O) groups is 1. The van der Waals surface area contributed by atoms with E-state index in [0.29, 0.717) is 29.1 Å². The fourth-order valence-corrected chi connectivity index (χ4v) is 3.45. The van der Waals surface area contributed by atoms with Crippen LogP contribution in [0, 0.1) is 11.3 Å². The van der Waals surface area contributed by atoms with E-state index in [1.807, 2.05) is 18.2 Å². The Balaban J connectivity index is 1.81. The third kappa shape index (κ3) is 5.29. The monoisotopic (exact) mass is 409 g/mol. The molecule has 1 saturated carbocycles. The molecule has 1 aliphatic rings. The van der Waals surface area contributed by atoms with Crippen molar-refractivity contribution in [3.05, 3.63) is 36.0 Å². The van der Waals surface area contributed by atoms with Crippen molar-refractivity contribution < 1.29 is 4.79 Å². The van der Waals surface area contributed by atoms with Gasteiger partial charge in [-0.05, 0) is 37.0 Å². The number of nitrogens with zero attached hydrogens (tertiary/aromatic N) is 3. The minimum Gasteiger partial charge on any atom is -0.365 e. The Morgan fingerprint density at radius 1 is 1.33 bits per heavy atom. The van der Waals surface area contributed by atoms with Gasteiger partial charge in [-0.1, -0.05) is 19.4 Å². The molecule has 3 unspecified atom stereocenters. The quantitative estimate of drug-likeness (QED) is 0.287. The second-order valence-electron chi connectivity index (χ2n) is 7.32. The number of carbonyl (C=O) groups excluding carboxylic acids is 1. The van der Waals surface area contributed by atoms with Gasteiger partial charge in [-0.2, -0.15) is 10.1 Å². The van der Waals surface area contributed by atoms with Crippen LogP contribution < -0.4 is 27.5 Å². The van der Waals surface area contributed by atoms with Crippen molar-refractivity contribution in [3.63, 3.8) is 0 Å². The fourth-order valence-electron chi connectivity index (χ4n) is 3.45. The summed E-state index contributed by atoms with van der Waals surface area (Å²) in [5.74, 6) is 0.487. The maximum Gasteiger partial charge on any atom is 0.254 e. The molecule has 0 saturated heterocycles. The van der Waals surface area contributed by atoms with E-state index in [2.05, 4.69) is 38.1 Å². The predicted molar refractivity (Wildman–Crippen MR) is 120 cm³/mol. The van der Waals surface area contributed by atoms with Gasteiger partial charge in [-0.3, -0.25) is 10.2 Å². The third-order valence-corrected chi connectivity index (χ3v) is 5.13. The van der Waals surface area contributed by atoms with E-state index >= 15 is 0 Å². The zero-order valence-electron chi connectivity index (χ0n) is 16.8. The van der Waals surface area contributed by atoms with Crippen LogP contribution in [0.1, 0.15) is 36.5 Å². The second kappa shape index (κ2) is 9.79. The first-order valence-corrected chi connectivity index (χ1v) is 9.82. The Kier molecular flexibility index (Phi) is 6.91. The summed E-state index contributed by atoms with van der Waals surface area (Å²) in [5.41, 5.74) is 16.2. The van der Waals surface area contributed by atoms with Crippen LogP contribution in [0.2, 0.25) is 0 Å². The lowest BCUT2D eigenvalue weighted by Gasteiger charge is -2.34. The third-order valence-electron chi connectivity index (χ3n) is 5.13. The highest BCUT2D eigenvalue weighted by Crippen LogP contribution is 2.26. The molecule has 1 aromatic carbocycles. The Bertz CT molecular complexity index is 930. The van der Waals surface area contributed by atoms with E-state index in [9.17, 15) is 4.79 Å². The highest BCUT2D eigenvalue weighted by molar-refractivity contribution is 6.14. The summed E-state index contributed by atoms with van der Waals surface area (Å²) in [6.07, 6.45) is 6.96. The van der Waals surface area contributed by atoms with Gasteiger partial charge >= 0.3 is 0 Å². The number of hydrogen-bond acceptors (Lipinski definition) is 9. The topological polar surface area (TPSA) is 167 Å². The molecule has 158 valence electrons. The zero-order valence-corrected chi connectivity index (χ0v) is 16.8. The van der Waals surface area contributed by atoms with Gasteiger partial charge in [-0.25, -0.2) is 4.98 Å². The van der Waals surface area contributed by atoms with Crippen LogP contribution >= 0.6 is 0 Å². The Morgan fingerprint density at radius 2 is 2.13 bits per heavy atom. The minimum absolute atomic E-state index is 0.0128. The number of amides is 1. The molecule has 30 heavy (non-hydrogen) atoms. The summed E-state index contributed by atoms with van der Waals surface area (Å²) in [7, 11) is 0. The number of anilines is 4. The molecule has 0 radical (unpaired) electrons. The molecule has 1 aliphatic carbocycles. The summed E-state index contributed by atoms with van der Waals surface area (Å²) in [6, 6.07) is 7.33. The molecule has 3 rings (SSSR count). The highest BCUT2D eigenvalue weighted by atomic mass is 16.1.